The number of nitrogens with zero attached hydrogens (tertiary/aromatic N) is 4. The second kappa shape index (κ2) is 3.54. The van der Waals surface area contributed by atoms with Gasteiger partial charge in [0.05, 0.1) is 18.4 Å². The molecule has 2 aromatic rings. The zero-order valence-electron chi connectivity index (χ0n) is 8.98. The molecular formula is C10H11F2N5. The van der Waals surface area contributed by atoms with Gasteiger partial charge in [0.2, 0.25) is 5.95 Å². The Bertz CT molecular complexity index is 528. The maximum atomic E-state index is 13.2. The summed E-state index contributed by atoms with van der Waals surface area (Å²) in [5.74, 6) is -0.131. The minimum absolute atomic E-state index is 0.0289. The minimum atomic E-state index is -0.844. The van der Waals surface area contributed by atoms with Gasteiger partial charge in [-0.05, 0) is 6.42 Å². The number of fused-ring (bicyclic) bond motifs is 1. The average Bonchev–Trinajstić information content (AvgIpc) is 2.85. The van der Waals surface area contributed by atoms with Crippen molar-refractivity contribution in [3.63, 3.8) is 0 Å². The number of aromatic nitrogens is 3. The summed E-state index contributed by atoms with van der Waals surface area (Å²) < 4.78 is 27.6. The number of hydrogen-bond acceptors (Lipinski definition) is 4. The van der Waals surface area contributed by atoms with E-state index >= 15 is 0 Å². The molecule has 1 saturated heterocycles. The summed E-state index contributed by atoms with van der Waals surface area (Å²) in [7, 11) is 0. The molecule has 1 aliphatic rings. The van der Waals surface area contributed by atoms with Gasteiger partial charge in [-0.2, -0.15) is 4.98 Å². The van der Waals surface area contributed by atoms with Gasteiger partial charge < -0.3 is 10.6 Å². The summed E-state index contributed by atoms with van der Waals surface area (Å²) in [5, 5.41) is 4.10. The molecule has 7 heteroatoms. The van der Waals surface area contributed by atoms with Gasteiger partial charge in [0, 0.05) is 12.6 Å². The number of pyridine rings is 1. The van der Waals surface area contributed by atoms with Crippen molar-refractivity contribution in [3.05, 3.63) is 18.1 Å². The predicted octanol–water partition coefficient (Wildman–Crippen LogP) is 0.999. The SMILES string of the molecule is Nc1cc2nc(N3CC[C@H](F)C3)nn2cc1F. The lowest BCUT2D eigenvalue weighted by Crippen LogP contribution is -2.21. The molecule has 1 fully saturated rings. The monoisotopic (exact) mass is 239 g/mol. The highest BCUT2D eigenvalue weighted by molar-refractivity contribution is 5.54. The molecule has 0 aliphatic carbocycles. The smallest absolute Gasteiger partial charge is 0.245 e. The predicted molar refractivity (Wildman–Crippen MR) is 59.1 cm³/mol. The molecule has 0 saturated carbocycles. The number of hydrogen-bond donors (Lipinski definition) is 1. The number of rotatable bonds is 1. The molecule has 2 aromatic heterocycles. The molecule has 0 spiro atoms. The summed E-state index contributed by atoms with van der Waals surface area (Å²) in [6, 6.07) is 1.41. The first-order valence-electron chi connectivity index (χ1n) is 5.34. The minimum Gasteiger partial charge on any atom is -0.396 e. The number of alkyl halides is 1. The number of anilines is 2. The van der Waals surface area contributed by atoms with Crippen molar-refractivity contribution in [3.8, 4) is 0 Å². The third-order valence-electron chi connectivity index (χ3n) is 2.86. The van der Waals surface area contributed by atoms with Crippen LogP contribution >= 0.6 is 0 Å². The second-order valence-corrected chi connectivity index (χ2v) is 4.12. The van der Waals surface area contributed by atoms with Crippen molar-refractivity contribution in [2.24, 2.45) is 0 Å². The van der Waals surface area contributed by atoms with Gasteiger partial charge in [-0.25, -0.2) is 13.3 Å². The molecular weight excluding hydrogens is 228 g/mol. The van der Waals surface area contributed by atoms with Crippen molar-refractivity contribution in [2.75, 3.05) is 23.7 Å². The van der Waals surface area contributed by atoms with Crippen LogP contribution in [0.5, 0.6) is 0 Å². The van der Waals surface area contributed by atoms with Crippen LogP contribution in [0.4, 0.5) is 20.4 Å². The third-order valence-corrected chi connectivity index (χ3v) is 2.86. The van der Waals surface area contributed by atoms with Gasteiger partial charge in [0.25, 0.3) is 0 Å². The largest absolute Gasteiger partial charge is 0.396 e. The zero-order chi connectivity index (χ0) is 12.0. The van der Waals surface area contributed by atoms with Crippen LogP contribution in [0, 0.1) is 5.82 Å². The summed E-state index contributed by atoms with van der Waals surface area (Å²) in [4.78, 5) is 5.94. The van der Waals surface area contributed by atoms with Gasteiger partial charge in [-0.3, -0.25) is 0 Å². The van der Waals surface area contributed by atoms with Crippen LogP contribution in [0.25, 0.3) is 5.65 Å². The summed E-state index contributed by atoms with van der Waals surface area (Å²) in [6.07, 6.45) is 0.805. The lowest BCUT2D eigenvalue weighted by molar-refractivity contribution is 0.364. The Balaban J connectivity index is 2.02. The van der Waals surface area contributed by atoms with Crippen molar-refractivity contribution in [1.82, 2.24) is 14.6 Å². The van der Waals surface area contributed by atoms with E-state index in [1.165, 1.54) is 16.8 Å². The van der Waals surface area contributed by atoms with Crippen LogP contribution in [0.1, 0.15) is 6.42 Å². The molecule has 0 radical (unpaired) electrons. The lowest BCUT2D eigenvalue weighted by Gasteiger charge is -2.10. The molecule has 17 heavy (non-hydrogen) atoms. The topological polar surface area (TPSA) is 59.5 Å². The quantitative estimate of drug-likeness (QED) is 0.806. The summed E-state index contributed by atoms with van der Waals surface area (Å²) >= 11 is 0. The molecule has 3 heterocycles. The highest BCUT2D eigenvalue weighted by Crippen LogP contribution is 2.20. The van der Waals surface area contributed by atoms with Crippen LogP contribution < -0.4 is 10.6 Å². The van der Waals surface area contributed by atoms with Crippen LogP contribution in [0.3, 0.4) is 0 Å². The number of nitrogen functional groups attached to an aromatic ring is 1. The Morgan fingerprint density at radius 3 is 3.00 bits per heavy atom. The highest BCUT2D eigenvalue weighted by Gasteiger charge is 2.24. The first kappa shape index (κ1) is 10.2. The highest BCUT2D eigenvalue weighted by atomic mass is 19.1. The van der Waals surface area contributed by atoms with E-state index < -0.39 is 12.0 Å². The van der Waals surface area contributed by atoms with Crippen LogP contribution in [-0.2, 0) is 0 Å². The van der Waals surface area contributed by atoms with Crippen LogP contribution in [0.15, 0.2) is 12.3 Å². The second-order valence-electron chi connectivity index (χ2n) is 4.12. The Kier molecular flexibility index (Phi) is 2.13. The van der Waals surface area contributed by atoms with Gasteiger partial charge in [0.1, 0.15) is 6.17 Å². The maximum absolute atomic E-state index is 13.2. The van der Waals surface area contributed by atoms with Gasteiger partial charge in [-0.15, -0.1) is 5.10 Å². The maximum Gasteiger partial charge on any atom is 0.245 e. The van der Waals surface area contributed by atoms with E-state index in [2.05, 4.69) is 10.1 Å². The van der Waals surface area contributed by atoms with Gasteiger partial charge in [0.15, 0.2) is 11.5 Å². The fraction of sp³-hybridized carbons (Fsp3) is 0.400. The average molecular weight is 239 g/mol. The van der Waals surface area contributed by atoms with E-state index in [0.29, 0.717) is 24.6 Å². The Hall–Kier alpha value is -1.92. The summed E-state index contributed by atoms with van der Waals surface area (Å²) in [5.41, 5.74) is 5.93. The van der Waals surface area contributed by atoms with Crippen molar-refractivity contribution < 1.29 is 8.78 Å². The third kappa shape index (κ3) is 1.67. The van der Waals surface area contributed by atoms with E-state index in [1.807, 2.05) is 0 Å². The van der Waals surface area contributed by atoms with E-state index in [9.17, 15) is 8.78 Å². The molecule has 3 rings (SSSR count). The molecule has 1 atom stereocenters. The molecule has 5 nitrogen and oxygen atoms in total. The molecule has 0 bridgehead atoms. The van der Waals surface area contributed by atoms with E-state index in [4.69, 9.17) is 5.73 Å². The summed E-state index contributed by atoms with van der Waals surface area (Å²) in [6.45, 7) is 0.866. The molecule has 90 valence electrons. The fourth-order valence-electron chi connectivity index (χ4n) is 1.94. The van der Waals surface area contributed by atoms with E-state index in [-0.39, 0.29) is 12.2 Å². The van der Waals surface area contributed by atoms with E-state index in [0.717, 1.165) is 0 Å². The Labute approximate surface area is 95.8 Å². The van der Waals surface area contributed by atoms with Crippen LogP contribution in [-0.4, -0.2) is 33.9 Å². The molecule has 0 unspecified atom stereocenters. The first-order chi connectivity index (χ1) is 8.13. The van der Waals surface area contributed by atoms with Crippen molar-refractivity contribution in [1.29, 1.82) is 0 Å². The lowest BCUT2D eigenvalue weighted by atomic mass is 10.3. The zero-order valence-corrected chi connectivity index (χ0v) is 8.98. The van der Waals surface area contributed by atoms with Gasteiger partial charge >= 0.3 is 0 Å². The Morgan fingerprint density at radius 1 is 1.47 bits per heavy atom. The number of nitrogens with two attached hydrogens (primary N) is 1. The fourth-order valence-corrected chi connectivity index (χ4v) is 1.94. The standard InChI is InChI=1S/C10H11F2N5/c11-6-1-2-16(4-6)10-14-9-3-8(13)7(12)5-17(9)15-10/h3,5-6H,1-2,4,13H2/t6-/m0/s1. The Morgan fingerprint density at radius 2 is 2.29 bits per heavy atom. The normalized spacial score (nSPS) is 20.4. The molecule has 0 aromatic carbocycles. The molecule has 0 amide bonds. The van der Waals surface area contributed by atoms with E-state index in [1.54, 1.807) is 4.90 Å². The number of halogens is 2. The van der Waals surface area contributed by atoms with Crippen molar-refractivity contribution >= 4 is 17.3 Å². The van der Waals surface area contributed by atoms with Crippen LogP contribution in [0.2, 0.25) is 0 Å². The molecule has 1 aliphatic heterocycles. The first-order valence-corrected chi connectivity index (χ1v) is 5.34. The molecule has 2 N–H and O–H groups in total. The van der Waals surface area contributed by atoms with Crippen molar-refractivity contribution in [2.45, 2.75) is 12.6 Å². The van der Waals surface area contributed by atoms with Gasteiger partial charge in [-0.1, -0.05) is 0 Å².